The van der Waals surface area contributed by atoms with Gasteiger partial charge in [-0.2, -0.15) is 0 Å². The van der Waals surface area contributed by atoms with E-state index in [0.29, 0.717) is 5.92 Å². The van der Waals surface area contributed by atoms with E-state index < -0.39 is 0 Å². The topological polar surface area (TPSA) is 36.9 Å². The Morgan fingerprint density at radius 3 is 2.81 bits per heavy atom. The molecular formula is C21H32FN3O. The fourth-order valence-corrected chi connectivity index (χ4v) is 4.45. The molecule has 0 radical (unpaired) electrons. The highest BCUT2D eigenvalue weighted by Gasteiger charge is 2.34. The standard InChI is InChI=1S/C21H32FN3O/c1-23-20(25(2)14-17-9-12-26-15-17)24-16-21(10-4-3-5-11-21)18-7-6-8-19(22)13-18/h6-8,13,17H,3-5,9-12,14-16H2,1-2H3,(H,23,24). The lowest BCUT2D eigenvalue weighted by atomic mass is 9.69. The van der Waals surface area contributed by atoms with Gasteiger partial charge in [0.05, 0.1) is 6.61 Å². The van der Waals surface area contributed by atoms with Crippen LogP contribution >= 0.6 is 0 Å². The molecule has 5 heteroatoms. The van der Waals surface area contributed by atoms with Gasteiger partial charge < -0.3 is 15.0 Å². The molecule has 1 saturated heterocycles. The summed E-state index contributed by atoms with van der Waals surface area (Å²) in [6, 6.07) is 7.17. The summed E-state index contributed by atoms with van der Waals surface area (Å²) in [7, 11) is 3.92. The van der Waals surface area contributed by atoms with Crippen molar-refractivity contribution in [2.24, 2.45) is 10.9 Å². The second-order valence-electron chi connectivity index (χ2n) is 7.86. The van der Waals surface area contributed by atoms with Gasteiger partial charge in [-0.3, -0.25) is 4.99 Å². The van der Waals surface area contributed by atoms with E-state index in [9.17, 15) is 4.39 Å². The van der Waals surface area contributed by atoms with E-state index in [1.807, 2.05) is 13.1 Å². The highest BCUT2D eigenvalue weighted by molar-refractivity contribution is 5.79. The van der Waals surface area contributed by atoms with Crippen molar-refractivity contribution in [1.82, 2.24) is 10.2 Å². The van der Waals surface area contributed by atoms with Crippen LogP contribution in [-0.4, -0.2) is 51.3 Å². The van der Waals surface area contributed by atoms with Crippen molar-refractivity contribution in [3.05, 3.63) is 35.6 Å². The third kappa shape index (κ3) is 4.56. The minimum absolute atomic E-state index is 0.00635. The van der Waals surface area contributed by atoms with Gasteiger partial charge in [-0.15, -0.1) is 0 Å². The van der Waals surface area contributed by atoms with Crippen LogP contribution in [0.15, 0.2) is 29.3 Å². The Morgan fingerprint density at radius 2 is 2.15 bits per heavy atom. The highest BCUT2D eigenvalue weighted by atomic mass is 19.1. The minimum atomic E-state index is -0.143. The zero-order chi connectivity index (χ0) is 18.4. The molecule has 1 aliphatic heterocycles. The van der Waals surface area contributed by atoms with Gasteiger partial charge in [0.15, 0.2) is 5.96 Å². The molecule has 2 fully saturated rings. The number of nitrogens with one attached hydrogen (secondary N) is 1. The minimum Gasteiger partial charge on any atom is -0.381 e. The predicted molar refractivity (Wildman–Crippen MR) is 104 cm³/mol. The summed E-state index contributed by atoms with van der Waals surface area (Å²) >= 11 is 0. The van der Waals surface area contributed by atoms with Crippen LogP contribution in [0.2, 0.25) is 0 Å². The quantitative estimate of drug-likeness (QED) is 0.643. The second-order valence-corrected chi connectivity index (χ2v) is 7.86. The van der Waals surface area contributed by atoms with Crippen LogP contribution in [0.5, 0.6) is 0 Å². The van der Waals surface area contributed by atoms with E-state index in [1.165, 1.54) is 25.3 Å². The molecule has 1 aliphatic carbocycles. The Balaban J connectivity index is 1.68. The number of halogens is 1. The SMILES string of the molecule is CN=C(NCC1(c2cccc(F)c2)CCCCC1)N(C)CC1CCOC1. The van der Waals surface area contributed by atoms with E-state index >= 15 is 0 Å². The summed E-state index contributed by atoms with van der Waals surface area (Å²) in [6.45, 7) is 3.46. The summed E-state index contributed by atoms with van der Waals surface area (Å²) in [5.74, 6) is 1.35. The molecule has 26 heavy (non-hydrogen) atoms. The maximum Gasteiger partial charge on any atom is 0.193 e. The fourth-order valence-electron chi connectivity index (χ4n) is 4.45. The van der Waals surface area contributed by atoms with Gasteiger partial charge in [0.25, 0.3) is 0 Å². The van der Waals surface area contributed by atoms with Gasteiger partial charge in [-0.1, -0.05) is 31.4 Å². The van der Waals surface area contributed by atoms with Gasteiger partial charge >= 0.3 is 0 Å². The molecule has 1 aromatic rings. The lowest BCUT2D eigenvalue weighted by Gasteiger charge is -2.39. The van der Waals surface area contributed by atoms with Crippen LogP contribution in [-0.2, 0) is 10.2 Å². The first-order chi connectivity index (χ1) is 12.6. The molecule has 2 aliphatic rings. The third-order valence-electron chi connectivity index (χ3n) is 5.96. The van der Waals surface area contributed by atoms with E-state index in [4.69, 9.17) is 4.74 Å². The van der Waals surface area contributed by atoms with Crippen molar-refractivity contribution in [2.75, 3.05) is 40.4 Å². The Hall–Kier alpha value is -1.62. The fraction of sp³-hybridized carbons (Fsp3) is 0.667. The first kappa shape index (κ1) is 19.2. The van der Waals surface area contributed by atoms with Crippen LogP contribution in [0.25, 0.3) is 0 Å². The molecule has 1 atom stereocenters. The average molecular weight is 362 g/mol. The Labute approximate surface area is 156 Å². The normalized spacial score (nSPS) is 23.0. The van der Waals surface area contributed by atoms with E-state index in [-0.39, 0.29) is 11.2 Å². The molecule has 1 N–H and O–H groups in total. The molecular weight excluding hydrogens is 329 g/mol. The van der Waals surface area contributed by atoms with Crippen molar-refractivity contribution in [1.29, 1.82) is 0 Å². The summed E-state index contributed by atoms with van der Waals surface area (Å²) in [5.41, 5.74) is 1.11. The summed E-state index contributed by atoms with van der Waals surface area (Å²) in [5, 5.41) is 3.58. The van der Waals surface area contributed by atoms with Crippen molar-refractivity contribution in [3.8, 4) is 0 Å². The first-order valence-corrected chi connectivity index (χ1v) is 9.88. The molecule has 144 valence electrons. The molecule has 0 amide bonds. The number of nitrogens with zero attached hydrogens (tertiary/aromatic N) is 2. The number of hydrogen-bond donors (Lipinski definition) is 1. The van der Waals surface area contributed by atoms with Gasteiger partial charge in [-0.25, -0.2) is 4.39 Å². The van der Waals surface area contributed by atoms with Gasteiger partial charge in [0.1, 0.15) is 5.82 Å². The zero-order valence-electron chi connectivity index (χ0n) is 16.1. The maximum atomic E-state index is 13.8. The first-order valence-electron chi connectivity index (χ1n) is 9.88. The van der Waals surface area contributed by atoms with Crippen molar-refractivity contribution >= 4 is 5.96 Å². The molecule has 0 bridgehead atoms. The smallest absolute Gasteiger partial charge is 0.193 e. The van der Waals surface area contributed by atoms with Crippen molar-refractivity contribution < 1.29 is 9.13 Å². The average Bonchev–Trinajstić information content (AvgIpc) is 3.16. The Morgan fingerprint density at radius 1 is 1.35 bits per heavy atom. The van der Waals surface area contributed by atoms with Crippen molar-refractivity contribution in [2.45, 2.75) is 43.9 Å². The van der Waals surface area contributed by atoms with E-state index in [0.717, 1.165) is 57.1 Å². The van der Waals surface area contributed by atoms with Gasteiger partial charge in [-0.05, 0) is 37.0 Å². The zero-order valence-corrected chi connectivity index (χ0v) is 16.1. The maximum absolute atomic E-state index is 13.8. The summed E-state index contributed by atoms with van der Waals surface area (Å²) < 4.78 is 19.3. The molecule has 0 aromatic heterocycles. The second kappa shape index (κ2) is 8.85. The lowest BCUT2D eigenvalue weighted by Crippen LogP contribution is -2.48. The van der Waals surface area contributed by atoms with Crippen molar-refractivity contribution in [3.63, 3.8) is 0 Å². The molecule has 1 saturated carbocycles. The third-order valence-corrected chi connectivity index (χ3v) is 5.96. The molecule has 1 aromatic carbocycles. The molecule has 1 unspecified atom stereocenters. The van der Waals surface area contributed by atoms with Crippen LogP contribution in [0.3, 0.4) is 0 Å². The Bertz CT molecular complexity index is 607. The number of hydrogen-bond acceptors (Lipinski definition) is 2. The van der Waals surface area contributed by atoms with Crippen LogP contribution in [0, 0.1) is 11.7 Å². The number of benzene rings is 1. The predicted octanol–water partition coefficient (Wildman–Crippen LogP) is 3.57. The highest BCUT2D eigenvalue weighted by Crippen LogP contribution is 2.39. The summed E-state index contributed by atoms with van der Waals surface area (Å²) in [6.07, 6.45) is 6.99. The van der Waals surface area contributed by atoms with Gasteiger partial charge in [0.2, 0.25) is 0 Å². The van der Waals surface area contributed by atoms with Crippen LogP contribution in [0.1, 0.15) is 44.1 Å². The largest absolute Gasteiger partial charge is 0.381 e. The number of guanidine groups is 1. The Kier molecular flexibility index (Phi) is 6.52. The molecule has 3 rings (SSSR count). The molecule has 4 nitrogen and oxygen atoms in total. The summed E-state index contributed by atoms with van der Waals surface area (Å²) in [4.78, 5) is 6.67. The molecule has 1 heterocycles. The number of rotatable bonds is 5. The van der Waals surface area contributed by atoms with Crippen LogP contribution < -0.4 is 5.32 Å². The van der Waals surface area contributed by atoms with E-state index in [2.05, 4.69) is 28.3 Å². The van der Waals surface area contributed by atoms with Gasteiger partial charge in [0, 0.05) is 45.1 Å². The lowest BCUT2D eigenvalue weighted by molar-refractivity contribution is 0.181. The molecule has 0 spiro atoms. The number of ether oxygens (including phenoxy) is 1. The van der Waals surface area contributed by atoms with E-state index in [1.54, 1.807) is 6.07 Å². The van der Waals surface area contributed by atoms with Crippen LogP contribution in [0.4, 0.5) is 4.39 Å². The number of aliphatic imine (C=N–C) groups is 1. The monoisotopic (exact) mass is 361 g/mol.